The Morgan fingerprint density at radius 2 is 1.78 bits per heavy atom. The SMILES string of the molecule is COC(=O)C1=C(C)NC2=C(C(=O)c3ccccc32)C1c1ccc(-c2cc(Cl)ccc2Cl)o1. The Morgan fingerprint density at radius 3 is 2.53 bits per heavy atom. The molecule has 2 aliphatic rings. The Morgan fingerprint density at radius 1 is 1.03 bits per heavy atom. The minimum absolute atomic E-state index is 0.152. The van der Waals surface area contributed by atoms with Gasteiger partial charge in [0.05, 0.1) is 29.3 Å². The fourth-order valence-corrected chi connectivity index (χ4v) is 4.72. The van der Waals surface area contributed by atoms with Crippen molar-refractivity contribution in [1.82, 2.24) is 5.32 Å². The zero-order chi connectivity index (χ0) is 22.6. The Balaban J connectivity index is 1.69. The molecule has 5 rings (SSSR count). The number of furan rings is 1. The molecule has 1 N–H and O–H groups in total. The van der Waals surface area contributed by atoms with Gasteiger partial charge in [-0.25, -0.2) is 4.79 Å². The van der Waals surface area contributed by atoms with Crippen molar-refractivity contribution in [2.45, 2.75) is 12.8 Å². The van der Waals surface area contributed by atoms with Crippen LogP contribution in [0.25, 0.3) is 17.0 Å². The van der Waals surface area contributed by atoms with Gasteiger partial charge in [0.15, 0.2) is 5.78 Å². The van der Waals surface area contributed by atoms with Crippen molar-refractivity contribution >= 4 is 40.7 Å². The molecule has 0 saturated heterocycles. The summed E-state index contributed by atoms with van der Waals surface area (Å²) in [6, 6.07) is 15.9. The molecule has 0 radical (unpaired) electrons. The summed E-state index contributed by atoms with van der Waals surface area (Å²) in [7, 11) is 1.31. The Labute approximate surface area is 194 Å². The Kier molecular flexibility index (Phi) is 4.96. The fraction of sp³-hybridized carbons (Fsp3) is 0.120. The lowest BCUT2D eigenvalue weighted by atomic mass is 9.83. The van der Waals surface area contributed by atoms with Crippen molar-refractivity contribution < 1.29 is 18.7 Å². The number of carbonyl (C=O) groups excluding carboxylic acids is 2. The normalized spacial score (nSPS) is 17.2. The minimum Gasteiger partial charge on any atom is -0.466 e. The van der Waals surface area contributed by atoms with Crippen LogP contribution in [0.3, 0.4) is 0 Å². The third-order valence-electron chi connectivity index (χ3n) is 5.76. The van der Waals surface area contributed by atoms with Crippen LogP contribution >= 0.6 is 23.2 Å². The van der Waals surface area contributed by atoms with E-state index in [1.54, 1.807) is 43.3 Å². The number of fused-ring (bicyclic) bond motifs is 2. The number of rotatable bonds is 3. The smallest absolute Gasteiger partial charge is 0.336 e. The Hall–Kier alpha value is -3.28. The molecule has 0 amide bonds. The molecular formula is C25H17Cl2NO4. The van der Waals surface area contributed by atoms with Gasteiger partial charge in [0.1, 0.15) is 11.5 Å². The molecule has 1 unspecified atom stereocenters. The minimum atomic E-state index is -0.731. The molecule has 1 aromatic heterocycles. The van der Waals surface area contributed by atoms with Crippen LogP contribution in [-0.2, 0) is 9.53 Å². The summed E-state index contributed by atoms with van der Waals surface area (Å²) in [5.41, 5.74) is 4.06. The van der Waals surface area contributed by atoms with Crippen molar-refractivity contribution in [1.29, 1.82) is 0 Å². The third-order valence-corrected chi connectivity index (χ3v) is 6.32. The van der Waals surface area contributed by atoms with Crippen LogP contribution in [0.2, 0.25) is 10.0 Å². The molecule has 2 aromatic carbocycles. The molecule has 32 heavy (non-hydrogen) atoms. The second-order valence-corrected chi connectivity index (χ2v) is 8.42. The Bertz CT molecular complexity index is 1370. The van der Waals surface area contributed by atoms with E-state index < -0.39 is 11.9 Å². The maximum atomic E-state index is 13.4. The number of hydrogen-bond acceptors (Lipinski definition) is 5. The maximum Gasteiger partial charge on any atom is 0.336 e. The summed E-state index contributed by atoms with van der Waals surface area (Å²) in [4.78, 5) is 26.2. The highest BCUT2D eigenvalue weighted by Gasteiger charge is 2.44. The fourth-order valence-electron chi connectivity index (χ4n) is 4.33. The van der Waals surface area contributed by atoms with E-state index in [0.717, 1.165) is 5.56 Å². The molecule has 2 heterocycles. The highest BCUT2D eigenvalue weighted by molar-refractivity contribution is 6.35. The number of Topliss-reactive ketones (excluding diaryl/α,β-unsaturated/α-hetero) is 1. The van der Waals surface area contributed by atoms with Crippen LogP contribution in [0.4, 0.5) is 0 Å². The molecule has 3 aromatic rings. The first-order chi connectivity index (χ1) is 15.4. The van der Waals surface area contributed by atoms with Gasteiger partial charge in [-0.05, 0) is 37.3 Å². The van der Waals surface area contributed by atoms with Gasteiger partial charge in [-0.15, -0.1) is 0 Å². The number of esters is 1. The van der Waals surface area contributed by atoms with Gasteiger partial charge in [-0.1, -0.05) is 47.5 Å². The zero-order valence-corrected chi connectivity index (χ0v) is 18.7. The zero-order valence-electron chi connectivity index (χ0n) is 17.2. The van der Waals surface area contributed by atoms with E-state index in [1.165, 1.54) is 7.11 Å². The van der Waals surface area contributed by atoms with E-state index in [2.05, 4.69) is 5.32 Å². The van der Waals surface area contributed by atoms with E-state index in [0.29, 0.717) is 55.2 Å². The first-order valence-electron chi connectivity index (χ1n) is 9.90. The summed E-state index contributed by atoms with van der Waals surface area (Å²) in [5.74, 6) is -0.496. The van der Waals surface area contributed by atoms with Crippen molar-refractivity contribution in [3.63, 3.8) is 0 Å². The lowest BCUT2D eigenvalue weighted by Gasteiger charge is -2.27. The van der Waals surface area contributed by atoms with Gasteiger partial charge in [-0.2, -0.15) is 0 Å². The largest absolute Gasteiger partial charge is 0.466 e. The number of carbonyl (C=O) groups is 2. The predicted octanol–water partition coefficient (Wildman–Crippen LogP) is 5.99. The monoisotopic (exact) mass is 465 g/mol. The van der Waals surface area contributed by atoms with Crippen molar-refractivity contribution in [2.75, 3.05) is 7.11 Å². The maximum absolute atomic E-state index is 13.4. The number of hydrogen-bond donors (Lipinski definition) is 1. The van der Waals surface area contributed by atoms with Crippen molar-refractivity contribution in [3.05, 3.63) is 98.4 Å². The first-order valence-corrected chi connectivity index (χ1v) is 10.7. The van der Waals surface area contributed by atoms with Gasteiger partial charge < -0.3 is 14.5 Å². The third kappa shape index (κ3) is 3.08. The summed E-state index contributed by atoms with van der Waals surface area (Å²) < 4.78 is 11.2. The molecule has 1 aliphatic heterocycles. The summed E-state index contributed by atoms with van der Waals surface area (Å²) in [6.07, 6.45) is 0. The van der Waals surface area contributed by atoms with Crippen LogP contribution < -0.4 is 5.32 Å². The average molecular weight is 466 g/mol. The van der Waals surface area contributed by atoms with Gasteiger partial charge in [0.2, 0.25) is 0 Å². The van der Waals surface area contributed by atoms with Gasteiger partial charge in [0, 0.05) is 33.0 Å². The van der Waals surface area contributed by atoms with Crippen molar-refractivity contribution in [3.8, 4) is 11.3 Å². The van der Waals surface area contributed by atoms with E-state index in [-0.39, 0.29) is 5.78 Å². The van der Waals surface area contributed by atoms with Crippen LogP contribution in [0.1, 0.15) is 34.5 Å². The van der Waals surface area contributed by atoms with Crippen LogP contribution in [-0.4, -0.2) is 18.9 Å². The van der Waals surface area contributed by atoms with Crippen LogP contribution in [0.15, 0.2) is 75.9 Å². The quantitative estimate of drug-likeness (QED) is 0.480. The molecule has 0 saturated carbocycles. The second-order valence-electron chi connectivity index (χ2n) is 7.58. The second kappa shape index (κ2) is 7.69. The number of ether oxygens (including phenoxy) is 1. The highest BCUT2D eigenvalue weighted by atomic mass is 35.5. The number of methoxy groups -OCH3 is 1. The van der Waals surface area contributed by atoms with E-state index in [9.17, 15) is 9.59 Å². The topological polar surface area (TPSA) is 68.5 Å². The first kappa shape index (κ1) is 20.6. The number of halogens is 2. The molecule has 0 fully saturated rings. The summed E-state index contributed by atoms with van der Waals surface area (Å²) in [5, 5.41) is 4.23. The molecule has 5 nitrogen and oxygen atoms in total. The van der Waals surface area contributed by atoms with Crippen LogP contribution in [0, 0.1) is 0 Å². The summed E-state index contributed by atoms with van der Waals surface area (Å²) in [6.45, 7) is 1.78. The molecule has 1 aliphatic carbocycles. The standard InChI is InChI=1S/C25H17Cl2NO4/c1-12-20(25(30)31-2)21(22-23(28-12)14-5-3-4-6-15(14)24(22)29)19-10-9-18(32-19)16-11-13(26)7-8-17(16)27/h3-11,21,28H,1-2H3. The number of allylic oxidation sites excluding steroid dienone is 2. The van der Waals surface area contributed by atoms with E-state index in [4.69, 9.17) is 32.4 Å². The molecule has 0 spiro atoms. The van der Waals surface area contributed by atoms with Gasteiger partial charge in [0.25, 0.3) is 0 Å². The molecule has 1 atom stereocenters. The molecular weight excluding hydrogens is 449 g/mol. The molecule has 7 heteroatoms. The molecule has 0 bridgehead atoms. The lowest BCUT2D eigenvalue weighted by Crippen LogP contribution is -2.28. The lowest BCUT2D eigenvalue weighted by molar-refractivity contribution is -0.136. The molecule has 160 valence electrons. The number of nitrogens with one attached hydrogen (secondary N) is 1. The number of ketones is 1. The summed E-state index contributed by atoms with van der Waals surface area (Å²) >= 11 is 12.5. The van der Waals surface area contributed by atoms with Gasteiger partial charge in [-0.3, -0.25) is 4.79 Å². The van der Waals surface area contributed by atoms with E-state index in [1.807, 2.05) is 18.2 Å². The van der Waals surface area contributed by atoms with Gasteiger partial charge >= 0.3 is 5.97 Å². The predicted molar refractivity (Wildman–Crippen MR) is 122 cm³/mol. The highest BCUT2D eigenvalue weighted by Crippen LogP contribution is 2.47. The van der Waals surface area contributed by atoms with Crippen LogP contribution in [0.5, 0.6) is 0 Å². The number of dihydropyridines is 1. The van der Waals surface area contributed by atoms with E-state index >= 15 is 0 Å². The number of benzene rings is 2. The average Bonchev–Trinajstić information content (AvgIpc) is 3.38. The van der Waals surface area contributed by atoms with Crippen molar-refractivity contribution in [2.24, 2.45) is 0 Å².